The predicted molar refractivity (Wildman–Crippen MR) is 73.9 cm³/mol. The second-order valence-corrected chi connectivity index (χ2v) is 5.16. The van der Waals surface area contributed by atoms with Crippen molar-refractivity contribution < 1.29 is 23.1 Å². The Labute approximate surface area is 125 Å². The van der Waals surface area contributed by atoms with Crippen molar-refractivity contribution >= 4 is 17.9 Å². The molecule has 1 aromatic rings. The van der Waals surface area contributed by atoms with E-state index in [0.29, 0.717) is 6.29 Å². The minimum Gasteiger partial charge on any atom is -0.496 e. The zero-order valence-electron chi connectivity index (χ0n) is 12.0. The molecule has 0 aliphatic carbocycles. The topological polar surface area (TPSA) is 76.0 Å². The third-order valence-electron chi connectivity index (χ3n) is 3.59. The van der Waals surface area contributed by atoms with Crippen molar-refractivity contribution in [2.24, 2.45) is 5.18 Å². The summed E-state index contributed by atoms with van der Waals surface area (Å²) in [5, 5.41) is 2.73. The fraction of sp³-hybridized carbons (Fsp3) is 0.429. The molecule has 0 aromatic heterocycles. The number of nitroso groups, excluding NO2 is 1. The highest BCUT2D eigenvalue weighted by molar-refractivity contribution is 6.01. The molecule has 1 aliphatic rings. The fourth-order valence-electron chi connectivity index (χ4n) is 2.54. The molecular formula is C14H14F2N2O4. The number of methoxy groups -OCH3 is 1. The van der Waals surface area contributed by atoms with Crippen LogP contribution < -0.4 is 4.74 Å². The third kappa shape index (κ3) is 2.81. The Morgan fingerprint density at radius 1 is 1.50 bits per heavy atom. The first-order valence-corrected chi connectivity index (χ1v) is 6.52. The van der Waals surface area contributed by atoms with Crippen molar-refractivity contribution in [3.8, 4) is 5.75 Å². The van der Waals surface area contributed by atoms with Gasteiger partial charge in [0, 0.05) is 18.5 Å². The molecule has 0 saturated carbocycles. The standard InChI is InChI=1S/C14H14F2N2O4/c1-8-5-14(15,16)7-18(8)13(20)10-3-9(6-19)12(22-2)4-11(10)17-21/h3-4,6,8H,5,7H2,1-2H3/t8-/m1/s1. The van der Waals surface area contributed by atoms with Gasteiger partial charge in [-0.05, 0) is 18.2 Å². The minimum absolute atomic E-state index is 0.0388. The highest BCUT2D eigenvalue weighted by atomic mass is 19.3. The molecule has 1 saturated heterocycles. The average molecular weight is 312 g/mol. The first-order chi connectivity index (χ1) is 10.3. The lowest BCUT2D eigenvalue weighted by atomic mass is 10.1. The van der Waals surface area contributed by atoms with Crippen molar-refractivity contribution in [2.45, 2.75) is 25.3 Å². The Balaban J connectivity index is 2.45. The summed E-state index contributed by atoms with van der Waals surface area (Å²) >= 11 is 0. The van der Waals surface area contributed by atoms with Crippen molar-refractivity contribution in [3.05, 3.63) is 28.2 Å². The lowest BCUT2D eigenvalue weighted by molar-refractivity contribution is 0.0118. The van der Waals surface area contributed by atoms with Crippen LogP contribution in [-0.4, -0.2) is 42.7 Å². The van der Waals surface area contributed by atoms with E-state index < -0.39 is 30.8 Å². The molecule has 8 heteroatoms. The number of likely N-dealkylation sites (tertiary alicyclic amines) is 1. The molecule has 1 heterocycles. The molecule has 0 spiro atoms. The Morgan fingerprint density at radius 2 is 2.18 bits per heavy atom. The number of rotatable bonds is 4. The van der Waals surface area contributed by atoms with Crippen LogP contribution in [0.25, 0.3) is 0 Å². The normalized spacial score (nSPS) is 19.8. The van der Waals surface area contributed by atoms with Crippen LogP contribution in [0.1, 0.15) is 34.1 Å². The monoisotopic (exact) mass is 312 g/mol. The van der Waals surface area contributed by atoms with Gasteiger partial charge in [-0.15, -0.1) is 4.91 Å². The summed E-state index contributed by atoms with van der Waals surface area (Å²) < 4.78 is 31.7. The average Bonchev–Trinajstić information content (AvgIpc) is 2.77. The van der Waals surface area contributed by atoms with E-state index in [1.807, 2.05) is 0 Å². The molecule has 0 unspecified atom stereocenters. The highest BCUT2D eigenvalue weighted by Crippen LogP contribution is 2.35. The van der Waals surface area contributed by atoms with Gasteiger partial charge in [0.05, 0.1) is 24.8 Å². The smallest absolute Gasteiger partial charge is 0.267 e. The van der Waals surface area contributed by atoms with Crippen LogP contribution in [0.5, 0.6) is 5.75 Å². The molecular weight excluding hydrogens is 298 g/mol. The number of alkyl halides is 2. The van der Waals surface area contributed by atoms with Crippen LogP contribution in [0.3, 0.4) is 0 Å². The maximum Gasteiger partial charge on any atom is 0.267 e. The van der Waals surface area contributed by atoms with E-state index in [4.69, 9.17) is 4.74 Å². The van der Waals surface area contributed by atoms with Gasteiger partial charge in [0.2, 0.25) is 0 Å². The molecule has 1 aliphatic heterocycles. The Hall–Kier alpha value is -2.38. The van der Waals surface area contributed by atoms with Crippen LogP contribution >= 0.6 is 0 Å². The Morgan fingerprint density at radius 3 is 2.64 bits per heavy atom. The highest BCUT2D eigenvalue weighted by Gasteiger charge is 2.45. The van der Waals surface area contributed by atoms with E-state index in [9.17, 15) is 23.3 Å². The van der Waals surface area contributed by atoms with E-state index in [2.05, 4.69) is 5.18 Å². The van der Waals surface area contributed by atoms with Gasteiger partial charge in [-0.1, -0.05) is 0 Å². The molecule has 118 valence electrons. The molecule has 1 fully saturated rings. The number of nitrogens with zero attached hydrogens (tertiary/aromatic N) is 2. The number of hydrogen-bond acceptors (Lipinski definition) is 5. The van der Waals surface area contributed by atoms with Gasteiger partial charge in [-0.2, -0.15) is 0 Å². The number of benzene rings is 1. The molecule has 2 rings (SSSR count). The van der Waals surface area contributed by atoms with Crippen molar-refractivity contribution in [2.75, 3.05) is 13.7 Å². The van der Waals surface area contributed by atoms with Gasteiger partial charge in [-0.25, -0.2) is 8.78 Å². The number of hydrogen-bond donors (Lipinski definition) is 0. The Bertz CT molecular complexity index is 634. The predicted octanol–water partition coefficient (Wildman–Crippen LogP) is 2.78. The summed E-state index contributed by atoms with van der Waals surface area (Å²) in [5.41, 5.74) is -0.408. The molecule has 22 heavy (non-hydrogen) atoms. The van der Waals surface area contributed by atoms with E-state index in [1.54, 1.807) is 0 Å². The first kappa shape index (κ1) is 16.0. The maximum absolute atomic E-state index is 13.4. The van der Waals surface area contributed by atoms with Crippen LogP contribution in [0.2, 0.25) is 0 Å². The number of halogens is 2. The molecule has 1 atom stereocenters. The number of carbonyl (C=O) groups is 2. The first-order valence-electron chi connectivity index (χ1n) is 6.52. The van der Waals surface area contributed by atoms with Gasteiger partial charge in [-0.3, -0.25) is 9.59 Å². The van der Waals surface area contributed by atoms with Gasteiger partial charge in [0.25, 0.3) is 11.8 Å². The minimum atomic E-state index is -2.97. The molecule has 6 nitrogen and oxygen atoms in total. The lowest BCUT2D eigenvalue weighted by Gasteiger charge is -2.21. The van der Waals surface area contributed by atoms with Crippen LogP contribution in [0.4, 0.5) is 14.5 Å². The van der Waals surface area contributed by atoms with Gasteiger partial charge in [0.15, 0.2) is 6.29 Å². The summed E-state index contributed by atoms with van der Waals surface area (Å²) in [6.45, 7) is 0.769. The van der Waals surface area contributed by atoms with Crippen LogP contribution in [-0.2, 0) is 0 Å². The molecule has 1 amide bonds. The van der Waals surface area contributed by atoms with Crippen LogP contribution in [0.15, 0.2) is 17.3 Å². The number of amides is 1. The van der Waals surface area contributed by atoms with E-state index >= 15 is 0 Å². The van der Waals surface area contributed by atoms with Gasteiger partial charge < -0.3 is 9.64 Å². The number of ether oxygens (including phenoxy) is 1. The van der Waals surface area contributed by atoms with Crippen molar-refractivity contribution in [1.29, 1.82) is 0 Å². The third-order valence-corrected chi connectivity index (χ3v) is 3.59. The van der Waals surface area contributed by atoms with E-state index in [0.717, 1.165) is 17.0 Å². The second kappa shape index (κ2) is 5.78. The van der Waals surface area contributed by atoms with E-state index in [-0.39, 0.29) is 22.6 Å². The van der Waals surface area contributed by atoms with E-state index in [1.165, 1.54) is 14.0 Å². The zero-order valence-corrected chi connectivity index (χ0v) is 12.0. The molecule has 0 N–H and O–H groups in total. The fourth-order valence-corrected chi connectivity index (χ4v) is 2.54. The SMILES string of the molecule is COc1cc(N=O)c(C(=O)N2CC(F)(F)C[C@H]2C)cc1C=O. The number of aldehydes is 1. The van der Waals surface area contributed by atoms with Gasteiger partial charge >= 0.3 is 0 Å². The summed E-state index contributed by atoms with van der Waals surface area (Å²) in [6.07, 6.45) is 0.00545. The number of carbonyl (C=O) groups excluding carboxylic acids is 2. The largest absolute Gasteiger partial charge is 0.496 e. The maximum atomic E-state index is 13.4. The summed E-state index contributed by atoms with van der Waals surface area (Å²) in [7, 11) is 1.29. The molecule has 1 aromatic carbocycles. The second-order valence-electron chi connectivity index (χ2n) is 5.16. The quantitative estimate of drug-likeness (QED) is 0.633. The molecule has 0 radical (unpaired) electrons. The summed E-state index contributed by atoms with van der Waals surface area (Å²) in [6, 6.07) is 1.60. The van der Waals surface area contributed by atoms with Crippen LogP contribution in [0, 0.1) is 4.91 Å². The summed E-state index contributed by atoms with van der Waals surface area (Å²) in [4.78, 5) is 35.3. The lowest BCUT2D eigenvalue weighted by Crippen LogP contribution is -2.35. The molecule has 0 bridgehead atoms. The summed E-state index contributed by atoms with van der Waals surface area (Å²) in [5.74, 6) is -3.64. The van der Waals surface area contributed by atoms with Gasteiger partial charge in [0.1, 0.15) is 11.4 Å². The Kier molecular flexibility index (Phi) is 4.20. The van der Waals surface area contributed by atoms with Crippen molar-refractivity contribution in [3.63, 3.8) is 0 Å². The zero-order chi connectivity index (χ0) is 16.5. The van der Waals surface area contributed by atoms with Crippen molar-refractivity contribution in [1.82, 2.24) is 4.90 Å².